The minimum Gasteiger partial charge on any atom is -0.353 e. The maximum atomic E-state index is 12.8. The second-order valence-electron chi connectivity index (χ2n) is 8.16. The van der Waals surface area contributed by atoms with Crippen LogP contribution < -0.4 is 5.32 Å². The van der Waals surface area contributed by atoms with Gasteiger partial charge in [0.05, 0.1) is 12.6 Å². The van der Waals surface area contributed by atoms with Crippen LogP contribution in [0.5, 0.6) is 0 Å². The van der Waals surface area contributed by atoms with Gasteiger partial charge in [0.2, 0.25) is 5.91 Å². The summed E-state index contributed by atoms with van der Waals surface area (Å²) < 4.78 is 2.26. The fourth-order valence-electron chi connectivity index (χ4n) is 4.39. The highest BCUT2D eigenvalue weighted by Crippen LogP contribution is 2.35. The lowest BCUT2D eigenvalue weighted by Crippen LogP contribution is -2.46. The highest BCUT2D eigenvalue weighted by Gasteiger charge is 2.31. The molecule has 0 aliphatic carbocycles. The standard InChI is InChI=1S/C24H35ClN4O/c1-4-27(5-2)14-8-10-19(3)26-23(30)18-29-17-16-28-15-9-13-22(28)24(29)20-11-6-7-12-21(20)25/h6-7,9,11-13,15,19,24H,4-5,8,10,14,16-18H2,1-3H3,(H,26,30). The fourth-order valence-corrected chi connectivity index (χ4v) is 4.63. The summed E-state index contributed by atoms with van der Waals surface area (Å²) in [6.45, 7) is 11.8. The molecule has 2 aromatic rings. The van der Waals surface area contributed by atoms with Crippen LogP contribution in [0.2, 0.25) is 5.02 Å². The predicted octanol–water partition coefficient (Wildman–Crippen LogP) is 4.17. The average molecular weight is 431 g/mol. The number of nitrogens with one attached hydrogen (secondary N) is 1. The Kier molecular flexibility index (Phi) is 8.37. The number of carbonyl (C=O) groups is 1. The molecule has 2 atom stereocenters. The topological polar surface area (TPSA) is 40.5 Å². The summed E-state index contributed by atoms with van der Waals surface area (Å²) in [5.41, 5.74) is 2.24. The molecule has 1 aromatic heterocycles. The van der Waals surface area contributed by atoms with E-state index in [0.717, 1.165) is 56.2 Å². The largest absolute Gasteiger partial charge is 0.353 e. The molecule has 1 N–H and O–H groups in total. The Labute approximate surface area is 186 Å². The van der Waals surface area contributed by atoms with Gasteiger partial charge < -0.3 is 14.8 Å². The van der Waals surface area contributed by atoms with Gasteiger partial charge in [0, 0.05) is 36.0 Å². The van der Waals surface area contributed by atoms with Crippen LogP contribution in [0.3, 0.4) is 0 Å². The van der Waals surface area contributed by atoms with Crippen molar-refractivity contribution in [2.24, 2.45) is 0 Å². The Hall–Kier alpha value is -1.82. The molecular weight excluding hydrogens is 396 g/mol. The maximum Gasteiger partial charge on any atom is 0.234 e. The van der Waals surface area contributed by atoms with Crippen LogP contribution in [0.1, 0.15) is 50.9 Å². The van der Waals surface area contributed by atoms with Crippen molar-refractivity contribution < 1.29 is 4.79 Å². The van der Waals surface area contributed by atoms with E-state index in [4.69, 9.17) is 11.6 Å². The normalized spacial score (nSPS) is 17.7. The van der Waals surface area contributed by atoms with Crippen molar-refractivity contribution in [1.82, 2.24) is 19.7 Å². The van der Waals surface area contributed by atoms with E-state index in [1.54, 1.807) is 0 Å². The van der Waals surface area contributed by atoms with Crippen molar-refractivity contribution in [1.29, 1.82) is 0 Å². The molecule has 0 spiro atoms. The average Bonchev–Trinajstić information content (AvgIpc) is 3.20. The van der Waals surface area contributed by atoms with Crippen LogP contribution in [0, 0.1) is 0 Å². The lowest BCUT2D eigenvalue weighted by atomic mass is 9.99. The van der Waals surface area contributed by atoms with E-state index in [-0.39, 0.29) is 18.0 Å². The van der Waals surface area contributed by atoms with E-state index in [9.17, 15) is 4.79 Å². The molecule has 0 saturated carbocycles. The Morgan fingerprint density at radius 1 is 1.20 bits per heavy atom. The lowest BCUT2D eigenvalue weighted by molar-refractivity contribution is -0.123. The first-order valence-electron chi connectivity index (χ1n) is 11.2. The molecule has 5 nitrogen and oxygen atoms in total. The third kappa shape index (κ3) is 5.65. The van der Waals surface area contributed by atoms with E-state index in [2.05, 4.69) is 64.9 Å². The molecule has 6 heteroatoms. The number of fused-ring (bicyclic) bond motifs is 1. The number of halogens is 1. The number of rotatable bonds is 10. The molecule has 3 rings (SSSR count). The number of hydrogen-bond acceptors (Lipinski definition) is 3. The zero-order chi connectivity index (χ0) is 21.5. The molecular formula is C24H35ClN4O. The lowest BCUT2D eigenvalue weighted by Gasteiger charge is -2.37. The minimum absolute atomic E-state index is 0.00817. The van der Waals surface area contributed by atoms with Crippen molar-refractivity contribution in [2.45, 2.75) is 52.2 Å². The van der Waals surface area contributed by atoms with Crippen molar-refractivity contribution in [2.75, 3.05) is 32.7 Å². The molecule has 0 radical (unpaired) electrons. The van der Waals surface area contributed by atoms with Crippen molar-refractivity contribution in [3.8, 4) is 0 Å². The summed E-state index contributed by atoms with van der Waals surface area (Å²) in [7, 11) is 0. The Morgan fingerprint density at radius 2 is 1.97 bits per heavy atom. The van der Waals surface area contributed by atoms with Gasteiger partial charge in [-0.05, 0) is 63.2 Å². The molecule has 0 fully saturated rings. The zero-order valence-corrected chi connectivity index (χ0v) is 19.2. The first-order chi connectivity index (χ1) is 14.5. The molecule has 2 unspecified atom stereocenters. The smallest absolute Gasteiger partial charge is 0.234 e. The SMILES string of the molecule is CCN(CC)CCCC(C)NC(=O)CN1CCn2cccc2C1c1ccccc1Cl. The monoisotopic (exact) mass is 430 g/mol. The Balaban J connectivity index is 1.62. The van der Waals surface area contributed by atoms with Gasteiger partial charge in [0.25, 0.3) is 0 Å². The molecule has 30 heavy (non-hydrogen) atoms. The van der Waals surface area contributed by atoms with Gasteiger partial charge in [-0.15, -0.1) is 0 Å². The molecule has 164 valence electrons. The molecule has 0 bridgehead atoms. The second-order valence-corrected chi connectivity index (χ2v) is 8.57. The fraction of sp³-hybridized carbons (Fsp3) is 0.542. The number of nitrogens with zero attached hydrogens (tertiary/aromatic N) is 3. The molecule has 1 aromatic carbocycles. The van der Waals surface area contributed by atoms with Gasteiger partial charge in [0.15, 0.2) is 0 Å². The number of amides is 1. The summed E-state index contributed by atoms with van der Waals surface area (Å²) >= 11 is 6.54. The molecule has 0 saturated heterocycles. The first kappa shape index (κ1) is 22.9. The summed E-state index contributed by atoms with van der Waals surface area (Å²) in [5, 5.41) is 3.95. The van der Waals surface area contributed by atoms with Crippen LogP contribution in [-0.2, 0) is 11.3 Å². The van der Waals surface area contributed by atoms with Crippen molar-refractivity contribution >= 4 is 17.5 Å². The van der Waals surface area contributed by atoms with E-state index in [1.807, 2.05) is 18.2 Å². The molecule has 1 amide bonds. The number of carbonyl (C=O) groups excluding carboxylic acids is 1. The number of benzene rings is 1. The van der Waals surface area contributed by atoms with Crippen LogP contribution in [0.4, 0.5) is 0 Å². The van der Waals surface area contributed by atoms with Gasteiger partial charge in [-0.3, -0.25) is 9.69 Å². The highest BCUT2D eigenvalue weighted by atomic mass is 35.5. The Bertz CT molecular complexity index is 817. The van der Waals surface area contributed by atoms with Gasteiger partial charge in [-0.2, -0.15) is 0 Å². The molecule has 1 aliphatic heterocycles. The van der Waals surface area contributed by atoms with Crippen LogP contribution in [0.15, 0.2) is 42.6 Å². The predicted molar refractivity (Wildman–Crippen MR) is 124 cm³/mol. The van der Waals surface area contributed by atoms with Gasteiger partial charge in [-0.1, -0.05) is 43.6 Å². The van der Waals surface area contributed by atoms with Crippen molar-refractivity contribution in [3.05, 3.63) is 58.9 Å². The number of aromatic nitrogens is 1. The maximum absolute atomic E-state index is 12.8. The third-order valence-corrected chi connectivity index (χ3v) is 6.44. The van der Waals surface area contributed by atoms with Gasteiger partial charge in [-0.25, -0.2) is 0 Å². The van der Waals surface area contributed by atoms with Crippen LogP contribution in [0.25, 0.3) is 0 Å². The van der Waals surface area contributed by atoms with E-state index in [1.165, 1.54) is 5.69 Å². The van der Waals surface area contributed by atoms with Crippen LogP contribution in [-0.4, -0.2) is 59.0 Å². The Morgan fingerprint density at radius 3 is 2.70 bits per heavy atom. The zero-order valence-electron chi connectivity index (χ0n) is 18.5. The van der Waals surface area contributed by atoms with Gasteiger partial charge >= 0.3 is 0 Å². The summed E-state index contributed by atoms with van der Waals surface area (Å²) in [4.78, 5) is 17.5. The van der Waals surface area contributed by atoms with Crippen molar-refractivity contribution in [3.63, 3.8) is 0 Å². The molecule has 1 aliphatic rings. The molecule has 2 heterocycles. The first-order valence-corrected chi connectivity index (χ1v) is 11.6. The summed E-state index contributed by atoms with van der Waals surface area (Å²) in [6, 6.07) is 12.3. The van der Waals surface area contributed by atoms with E-state index < -0.39 is 0 Å². The number of hydrogen-bond donors (Lipinski definition) is 1. The summed E-state index contributed by atoms with van der Waals surface area (Å²) in [6.07, 6.45) is 4.20. The van der Waals surface area contributed by atoms with Gasteiger partial charge in [0.1, 0.15) is 0 Å². The van der Waals surface area contributed by atoms with Crippen LogP contribution >= 0.6 is 11.6 Å². The second kappa shape index (κ2) is 11.0. The van der Waals surface area contributed by atoms with E-state index in [0.29, 0.717) is 6.54 Å². The van der Waals surface area contributed by atoms with E-state index >= 15 is 0 Å². The highest BCUT2D eigenvalue weighted by molar-refractivity contribution is 6.31. The third-order valence-electron chi connectivity index (χ3n) is 6.10. The summed E-state index contributed by atoms with van der Waals surface area (Å²) in [5.74, 6) is 0.0856. The quantitative estimate of drug-likeness (QED) is 0.614. The minimum atomic E-state index is -0.00817.